The molecule has 0 aromatic heterocycles. The second-order valence-electron chi connectivity index (χ2n) is 6.31. The molecule has 0 fully saturated rings. The molecule has 2 N–H and O–H groups in total. The average molecular weight is 340 g/mol. The highest BCUT2D eigenvalue weighted by atomic mass is 16.5. The van der Waals surface area contributed by atoms with Crippen LogP contribution in [-0.2, 0) is 4.79 Å². The van der Waals surface area contributed by atoms with Crippen LogP contribution in [-0.4, -0.2) is 18.0 Å². The Kier molecular flexibility index (Phi) is 6.17. The summed E-state index contributed by atoms with van der Waals surface area (Å²) >= 11 is 0. The van der Waals surface area contributed by atoms with Crippen molar-refractivity contribution >= 4 is 17.7 Å². The maximum atomic E-state index is 12.5. The molecular weight excluding hydrogens is 316 g/mol. The zero-order valence-corrected chi connectivity index (χ0v) is 15.0. The normalized spacial score (nSPS) is 11.7. The molecule has 5 nitrogen and oxygen atoms in total. The Morgan fingerprint density at radius 3 is 2.28 bits per heavy atom. The molecule has 0 bridgehead atoms. The number of aryl methyl sites for hydroxylation is 1. The van der Waals surface area contributed by atoms with Gasteiger partial charge in [-0.2, -0.15) is 0 Å². The predicted molar refractivity (Wildman–Crippen MR) is 98.8 cm³/mol. The number of hydrogen-bond acceptors (Lipinski definition) is 3. The predicted octanol–water partition coefficient (Wildman–Crippen LogP) is 4.06. The third kappa shape index (κ3) is 5.08. The Bertz CT molecular complexity index is 742. The summed E-state index contributed by atoms with van der Waals surface area (Å²) in [6, 6.07) is 13.4. The molecule has 1 unspecified atom stereocenters. The lowest BCUT2D eigenvalue weighted by Gasteiger charge is -2.21. The molecule has 25 heavy (non-hydrogen) atoms. The van der Waals surface area contributed by atoms with Crippen LogP contribution in [0.15, 0.2) is 48.5 Å². The molecule has 0 aliphatic heterocycles. The van der Waals surface area contributed by atoms with Crippen LogP contribution in [0.3, 0.4) is 0 Å². The smallest absolute Gasteiger partial charge is 0.334 e. The SMILES string of the molecule is Cc1cccc(OC(=O)C(NC(=O)Nc2ccccc2)C(C)C)c1C. The van der Waals surface area contributed by atoms with E-state index in [1.54, 1.807) is 18.2 Å². The number of carbonyl (C=O) groups excluding carboxylic acids is 2. The molecule has 0 saturated carbocycles. The van der Waals surface area contributed by atoms with Gasteiger partial charge >= 0.3 is 12.0 Å². The van der Waals surface area contributed by atoms with Crippen molar-refractivity contribution in [3.05, 3.63) is 59.7 Å². The van der Waals surface area contributed by atoms with Crippen LogP contribution in [0, 0.1) is 19.8 Å². The Hall–Kier alpha value is -2.82. The summed E-state index contributed by atoms with van der Waals surface area (Å²) in [6.07, 6.45) is 0. The number of hydrogen-bond donors (Lipinski definition) is 2. The molecule has 0 saturated heterocycles. The summed E-state index contributed by atoms with van der Waals surface area (Å²) in [7, 11) is 0. The van der Waals surface area contributed by atoms with Crippen molar-refractivity contribution in [2.24, 2.45) is 5.92 Å². The lowest BCUT2D eigenvalue weighted by molar-refractivity contribution is -0.137. The van der Waals surface area contributed by atoms with Crippen molar-refractivity contribution in [1.29, 1.82) is 0 Å². The van der Waals surface area contributed by atoms with Gasteiger partial charge in [-0.25, -0.2) is 9.59 Å². The van der Waals surface area contributed by atoms with E-state index in [1.165, 1.54) is 0 Å². The molecule has 0 spiro atoms. The zero-order valence-electron chi connectivity index (χ0n) is 15.0. The zero-order chi connectivity index (χ0) is 18.4. The highest BCUT2D eigenvalue weighted by molar-refractivity contribution is 5.93. The molecule has 1 atom stereocenters. The van der Waals surface area contributed by atoms with Gasteiger partial charge in [-0.15, -0.1) is 0 Å². The number of benzene rings is 2. The minimum Gasteiger partial charge on any atom is -0.425 e. The Labute approximate surface area is 148 Å². The van der Waals surface area contributed by atoms with Gasteiger partial charge in [-0.1, -0.05) is 44.2 Å². The summed E-state index contributed by atoms with van der Waals surface area (Å²) in [6.45, 7) is 7.58. The van der Waals surface area contributed by atoms with Crippen molar-refractivity contribution in [3.8, 4) is 5.75 Å². The third-order valence-corrected chi connectivity index (χ3v) is 4.00. The lowest BCUT2D eigenvalue weighted by atomic mass is 10.0. The average Bonchev–Trinajstić information content (AvgIpc) is 2.57. The summed E-state index contributed by atoms with van der Waals surface area (Å²) in [4.78, 5) is 24.7. The van der Waals surface area contributed by atoms with Gasteiger partial charge < -0.3 is 15.4 Å². The Morgan fingerprint density at radius 1 is 0.960 bits per heavy atom. The number of nitrogens with one attached hydrogen (secondary N) is 2. The molecule has 2 amide bonds. The van der Waals surface area contributed by atoms with Crippen molar-refractivity contribution in [3.63, 3.8) is 0 Å². The minimum atomic E-state index is -0.747. The van der Waals surface area contributed by atoms with E-state index in [4.69, 9.17) is 4.74 Å². The van der Waals surface area contributed by atoms with Gasteiger partial charge in [0.1, 0.15) is 11.8 Å². The molecule has 0 radical (unpaired) electrons. The number of rotatable bonds is 5. The molecule has 0 aliphatic rings. The van der Waals surface area contributed by atoms with E-state index in [0.717, 1.165) is 11.1 Å². The molecular formula is C20H24N2O3. The van der Waals surface area contributed by atoms with Crippen LogP contribution in [0.2, 0.25) is 0 Å². The van der Waals surface area contributed by atoms with Crippen molar-refractivity contribution < 1.29 is 14.3 Å². The molecule has 0 heterocycles. The molecule has 132 valence electrons. The second kappa shape index (κ2) is 8.33. The fraction of sp³-hybridized carbons (Fsp3) is 0.300. The van der Waals surface area contributed by atoms with Crippen molar-refractivity contribution in [1.82, 2.24) is 5.32 Å². The lowest BCUT2D eigenvalue weighted by Crippen LogP contribution is -2.48. The highest BCUT2D eigenvalue weighted by Gasteiger charge is 2.26. The first-order valence-electron chi connectivity index (χ1n) is 8.29. The Balaban J connectivity index is 2.05. The number of esters is 1. The molecule has 2 aromatic rings. The van der Waals surface area contributed by atoms with Crippen LogP contribution in [0.4, 0.5) is 10.5 Å². The van der Waals surface area contributed by atoms with E-state index in [1.807, 2.05) is 58.0 Å². The maximum absolute atomic E-state index is 12.5. The van der Waals surface area contributed by atoms with E-state index in [2.05, 4.69) is 10.6 Å². The monoisotopic (exact) mass is 340 g/mol. The number of anilines is 1. The van der Waals surface area contributed by atoms with Gasteiger partial charge in [0.05, 0.1) is 0 Å². The number of amides is 2. The van der Waals surface area contributed by atoms with Gasteiger partial charge in [0, 0.05) is 5.69 Å². The van der Waals surface area contributed by atoms with E-state index in [9.17, 15) is 9.59 Å². The van der Waals surface area contributed by atoms with E-state index >= 15 is 0 Å². The molecule has 2 aromatic carbocycles. The topological polar surface area (TPSA) is 67.4 Å². The van der Waals surface area contributed by atoms with Crippen LogP contribution in [0.5, 0.6) is 5.75 Å². The van der Waals surface area contributed by atoms with Gasteiger partial charge in [0.15, 0.2) is 0 Å². The molecule has 2 rings (SSSR count). The summed E-state index contributed by atoms with van der Waals surface area (Å²) in [5.41, 5.74) is 2.61. The van der Waals surface area contributed by atoms with E-state index in [-0.39, 0.29) is 5.92 Å². The number of urea groups is 1. The van der Waals surface area contributed by atoms with Gasteiger partial charge in [-0.3, -0.25) is 0 Å². The first-order valence-corrected chi connectivity index (χ1v) is 8.29. The van der Waals surface area contributed by atoms with Crippen LogP contribution >= 0.6 is 0 Å². The Morgan fingerprint density at radius 2 is 1.64 bits per heavy atom. The number of carbonyl (C=O) groups is 2. The standard InChI is InChI=1S/C20H24N2O3/c1-13(2)18(22-20(24)21-16-10-6-5-7-11-16)19(23)25-17-12-8-9-14(3)15(17)4/h5-13,18H,1-4H3,(H2,21,22,24). The summed E-state index contributed by atoms with van der Waals surface area (Å²) in [5, 5.41) is 5.40. The van der Waals surface area contributed by atoms with Gasteiger partial charge in [-0.05, 0) is 49.1 Å². The first-order chi connectivity index (χ1) is 11.9. The van der Waals surface area contributed by atoms with Gasteiger partial charge in [0.25, 0.3) is 0 Å². The maximum Gasteiger partial charge on any atom is 0.334 e. The van der Waals surface area contributed by atoms with Gasteiger partial charge in [0.2, 0.25) is 0 Å². The fourth-order valence-electron chi connectivity index (χ4n) is 2.33. The highest BCUT2D eigenvalue weighted by Crippen LogP contribution is 2.21. The summed E-state index contributed by atoms with van der Waals surface area (Å²) in [5.74, 6) is -0.0769. The summed E-state index contributed by atoms with van der Waals surface area (Å²) < 4.78 is 5.52. The van der Waals surface area contributed by atoms with Crippen LogP contribution in [0.1, 0.15) is 25.0 Å². The van der Waals surface area contributed by atoms with Crippen LogP contribution < -0.4 is 15.4 Å². The fourth-order valence-corrected chi connectivity index (χ4v) is 2.33. The largest absolute Gasteiger partial charge is 0.425 e. The number of ether oxygens (including phenoxy) is 1. The van der Waals surface area contributed by atoms with E-state index in [0.29, 0.717) is 11.4 Å². The first kappa shape index (κ1) is 18.5. The van der Waals surface area contributed by atoms with Crippen molar-refractivity contribution in [2.45, 2.75) is 33.7 Å². The van der Waals surface area contributed by atoms with Crippen LogP contribution in [0.25, 0.3) is 0 Å². The second-order valence-corrected chi connectivity index (χ2v) is 6.31. The van der Waals surface area contributed by atoms with Crippen molar-refractivity contribution in [2.75, 3.05) is 5.32 Å². The van der Waals surface area contributed by atoms with E-state index < -0.39 is 18.0 Å². The quantitative estimate of drug-likeness (QED) is 0.637. The number of para-hydroxylation sites is 1. The molecule has 5 heteroatoms. The minimum absolute atomic E-state index is 0.112. The third-order valence-electron chi connectivity index (χ3n) is 4.00. The molecule has 0 aliphatic carbocycles.